The largest absolute Gasteiger partial charge is 0.339 e. The van der Waals surface area contributed by atoms with E-state index in [0.717, 1.165) is 32.2 Å². The van der Waals surface area contributed by atoms with E-state index in [1.54, 1.807) is 6.08 Å². The molecule has 2 aliphatic rings. The van der Waals surface area contributed by atoms with E-state index in [4.69, 9.17) is 0 Å². The van der Waals surface area contributed by atoms with Gasteiger partial charge in [0.15, 0.2) is 0 Å². The highest BCUT2D eigenvalue weighted by Gasteiger charge is 2.45. The van der Waals surface area contributed by atoms with Crippen molar-refractivity contribution in [2.75, 3.05) is 40.3 Å². The average Bonchev–Trinajstić information content (AvgIpc) is 2.43. The fraction of sp³-hybridized carbons (Fsp3) is 0.750. The second-order valence-electron chi connectivity index (χ2n) is 6.53. The zero-order valence-electron chi connectivity index (χ0n) is 13.3. The molecule has 2 heterocycles. The van der Waals surface area contributed by atoms with Gasteiger partial charge in [0.1, 0.15) is 0 Å². The molecule has 0 N–H and O–H groups in total. The molecular formula is C16H27N3O2. The predicted octanol–water partition coefficient (Wildman–Crippen LogP) is 1.11. The van der Waals surface area contributed by atoms with E-state index in [1.165, 1.54) is 0 Å². The van der Waals surface area contributed by atoms with Gasteiger partial charge in [-0.25, -0.2) is 0 Å². The number of likely N-dealkylation sites (tertiary alicyclic amines) is 2. The molecule has 118 valence electrons. The van der Waals surface area contributed by atoms with E-state index in [2.05, 4.69) is 6.58 Å². The van der Waals surface area contributed by atoms with E-state index in [1.807, 2.05) is 28.8 Å². The molecule has 5 nitrogen and oxygen atoms in total. The first-order chi connectivity index (χ1) is 9.98. The van der Waals surface area contributed by atoms with Crippen LogP contribution in [-0.4, -0.2) is 72.3 Å². The lowest BCUT2D eigenvalue weighted by Gasteiger charge is -2.52. The van der Waals surface area contributed by atoms with Crippen LogP contribution in [0.3, 0.4) is 0 Å². The van der Waals surface area contributed by atoms with Crippen LogP contribution in [0.15, 0.2) is 12.7 Å². The lowest BCUT2D eigenvalue weighted by Crippen LogP contribution is -2.63. The smallest absolute Gasteiger partial charge is 0.236 e. The summed E-state index contributed by atoms with van der Waals surface area (Å²) in [5.74, 6) is 0.374. The van der Waals surface area contributed by atoms with Gasteiger partial charge in [-0.1, -0.05) is 6.08 Å². The first-order valence-corrected chi connectivity index (χ1v) is 7.82. The Bertz CT molecular complexity index is 418. The van der Waals surface area contributed by atoms with Crippen LogP contribution in [0.2, 0.25) is 0 Å². The number of likely N-dealkylation sites (N-methyl/N-ethyl adjacent to an activating group) is 1. The second kappa shape index (κ2) is 6.60. The Morgan fingerprint density at radius 2 is 2.10 bits per heavy atom. The zero-order valence-corrected chi connectivity index (χ0v) is 13.3. The molecule has 2 fully saturated rings. The molecule has 2 amide bonds. The molecule has 2 saturated heterocycles. The number of nitrogens with zero attached hydrogens (tertiary/aromatic N) is 3. The quantitative estimate of drug-likeness (QED) is 0.729. The van der Waals surface area contributed by atoms with E-state index in [9.17, 15) is 9.59 Å². The van der Waals surface area contributed by atoms with Crippen LogP contribution in [0.5, 0.6) is 0 Å². The number of amides is 2. The molecule has 0 aliphatic carbocycles. The van der Waals surface area contributed by atoms with Gasteiger partial charge in [0.2, 0.25) is 11.8 Å². The Balaban J connectivity index is 2.14. The van der Waals surface area contributed by atoms with Gasteiger partial charge in [-0.2, -0.15) is 0 Å². The van der Waals surface area contributed by atoms with E-state index in [0.29, 0.717) is 26.1 Å². The Hall–Kier alpha value is -1.36. The third-order valence-electron chi connectivity index (χ3n) is 4.58. The van der Waals surface area contributed by atoms with Crippen molar-refractivity contribution >= 4 is 11.8 Å². The van der Waals surface area contributed by atoms with Crippen LogP contribution in [0, 0.1) is 0 Å². The summed E-state index contributed by atoms with van der Waals surface area (Å²) in [6.45, 7) is 6.30. The minimum Gasteiger partial charge on any atom is -0.339 e. The molecular weight excluding hydrogens is 266 g/mol. The Labute approximate surface area is 127 Å². The summed E-state index contributed by atoms with van der Waals surface area (Å²) in [4.78, 5) is 30.4. The van der Waals surface area contributed by atoms with Crippen LogP contribution < -0.4 is 0 Å². The molecule has 5 heteroatoms. The SMILES string of the molecule is C=CCN1C(=O)CCC[C@@]12CCCN(C(=O)CN(C)C)C2. The molecule has 1 spiro atoms. The molecule has 0 saturated carbocycles. The number of carbonyl (C=O) groups excluding carboxylic acids is 2. The Morgan fingerprint density at radius 1 is 1.38 bits per heavy atom. The summed E-state index contributed by atoms with van der Waals surface area (Å²) < 4.78 is 0. The maximum atomic E-state index is 12.3. The molecule has 21 heavy (non-hydrogen) atoms. The van der Waals surface area contributed by atoms with Crippen LogP contribution in [0.25, 0.3) is 0 Å². The molecule has 0 unspecified atom stereocenters. The van der Waals surface area contributed by atoms with E-state index in [-0.39, 0.29) is 17.4 Å². The number of piperidine rings is 2. The first kappa shape index (κ1) is 16.0. The van der Waals surface area contributed by atoms with Crippen molar-refractivity contribution in [1.82, 2.24) is 14.7 Å². The molecule has 0 aromatic heterocycles. The summed E-state index contributed by atoms with van der Waals surface area (Å²) in [7, 11) is 3.82. The fourth-order valence-electron chi connectivity index (χ4n) is 3.65. The highest BCUT2D eigenvalue weighted by atomic mass is 16.2. The van der Waals surface area contributed by atoms with Crippen molar-refractivity contribution in [2.24, 2.45) is 0 Å². The maximum absolute atomic E-state index is 12.3. The van der Waals surface area contributed by atoms with E-state index < -0.39 is 0 Å². The van der Waals surface area contributed by atoms with Crippen LogP contribution in [0.4, 0.5) is 0 Å². The predicted molar refractivity (Wildman–Crippen MR) is 82.9 cm³/mol. The van der Waals surface area contributed by atoms with Gasteiger partial charge in [-0.15, -0.1) is 6.58 Å². The summed E-state index contributed by atoms with van der Waals surface area (Å²) in [5.41, 5.74) is -0.163. The van der Waals surface area contributed by atoms with Crippen molar-refractivity contribution in [1.29, 1.82) is 0 Å². The van der Waals surface area contributed by atoms with Crippen molar-refractivity contribution < 1.29 is 9.59 Å². The van der Waals surface area contributed by atoms with Crippen molar-refractivity contribution in [3.8, 4) is 0 Å². The molecule has 2 rings (SSSR count). The van der Waals surface area contributed by atoms with Gasteiger partial charge >= 0.3 is 0 Å². The van der Waals surface area contributed by atoms with Crippen molar-refractivity contribution in [2.45, 2.75) is 37.6 Å². The summed E-state index contributed by atoms with van der Waals surface area (Å²) >= 11 is 0. The Morgan fingerprint density at radius 3 is 2.76 bits per heavy atom. The number of hydrogen-bond acceptors (Lipinski definition) is 3. The number of hydrogen-bond donors (Lipinski definition) is 0. The lowest BCUT2D eigenvalue weighted by atomic mass is 9.79. The first-order valence-electron chi connectivity index (χ1n) is 7.82. The molecule has 0 radical (unpaired) electrons. The monoisotopic (exact) mass is 293 g/mol. The van der Waals surface area contributed by atoms with Crippen LogP contribution in [-0.2, 0) is 9.59 Å². The van der Waals surface area contributed by atoms with Gasteiger partial charge in [-0.05, 0) is 39.8 Å². The van der Waals surface area contributed by atoms with Crippen molar-refractivity contribution in [3.05, 3.63) is 12.7 Å². The lowest BCUT2D eigenvalue weighted by molar-refractivity contribution is -0.149. The maximum Gasteiger partial charge on any atom is 0.236 e. The van der Waals surface area contributed by atoms with Gasteiger partial charge in [0.25, 0.3) is 0 Å². The highest BCUT2D eigenvalue weighted by molar-refractivity contribution is 5.80. The van der Waals surface area contributed by atoms with Gasteiger partial charge in [0.05, 0.1) is 12.1 Å². The van der Waals surface area contributed by atoms with Crippen LogP contribution >= 0.6 is 0 Å². The number of rotatable bonds is 4. The normalized spacial score (nSPS) is 26.5. The third kappa shape index (κ3) is 3.46. The van der Waals surface area contributed by atoms with Crippen LogP contribution in [0.1, 0.15) is 32.1 Å². The standard InChI is InChI=1S/C16H27N3O2/c1-4-10-19-14(20)7-5-8-16(19)9-6-11-18(13-16)15(21)12-17(2)3/h4H,1,5-13H2,2-3H3/t16-/m0/s1. The van der Waals surface area contributed by atoms with Gasteiger partial charge < -0.3 is 14.7 Å². The van der Waals surface area contributed by atoms with Gasteiger partial charge in [-0.3, -0.25) is 9.59 Å². The topological polar surface area (TPSA) is 43.9 Å². The minimum absolute atomic E-state index is 0.163. The average molecular weight is 293 g/mol. The van der Waals surface area contributed by atoms with E-state index >= 15 is 0 Å². The summed E-state index contributed by atoms with van der Waals surface area (Å²) in [6.07, 6.45) is 6.33. The summed E-state index contributed by atoms with van der Waals surface area (Å²) in [5, 5.41) is 0. The highest BCUT2D eigenvalue weighted by Crippen LogP contribution is 2.36. The molecule has 0 bridgehead atoms. The number of carbonyl (C=O) groups is 2. The third-order valence-corrected chi connectivity index (χ3v) is 4.58. The molecule has 0 aromatic carbocycles. The zero-order chi connectivity index (χ0) is 15.5. The van der Waals surface area contributed by atoms with Crippen molar-refractivity contribution in [3.63, 3.8) is 0 Å². The fourth-order valence-corrected chi connectivity index (χ4v) is 3.65. The second-order valence-corrected chi connectivity index (χ2v) is 6.53. The summed E-state index contributed by atoms with van der Waals surface area (Å²) in [6, 6.07) is 0. The molecule has 2 aliphatic heterocycles. The van der Waals surface area contributed by atoms with Gasteiger partial charge in [0, 0.05) is 26.1 Å². The molecule has 1 atom stereocenters. The minimum atomic E-state index is -0.163. The Kier molecular flexibility index (Phi) is 5.04. The molecule has 0 aromatic rings.